The average Bonchev–Trinajstić information content (AvgIpc) is 3.02. The first-order valence-corrected chi connectivity index (χ1v) is 9.39. The number of likely N-dealkylation sites (N-methyl/N-ethyl adjacent to an activating group) is 1. The van der Waals surface area contributed by atoms with Crippen LogP contribution < -0.4 is 4.90 Å². The van der Waals surface area contributed by atoms with Crippen molar-refractivity contribution in [3.05, 3.63) is 35.3 Å². The zero-order valence-corrected chi connectivity index (χ0v) is 17.4. The quantitative estimate of drug-likeness (QED) is 0.899. The summed E-state index contributed by atoms with van der Waals surface area (Å²) in [6.07, 6.45) is 0. The summed E-state index contributed by atoms with van der Waals surface area (Å²) in [7, 11) is 1.84. The number of nitrogens with one attached hydrogen (secondary N) is 1. The lowest BCUT2D eigenvalue weighted by atomic mass is 9.92. The molecule has 0 spiro atoms. The van der Waals surface area contributed by atoms with E-state index in [2.05, 4.69) is 66.8 Å². The van der Waals surface area contributed by atoms with Gasteiger partial charge in [0.15, 0.2) is 5.82 Å². The molecule has 1 aliphatic heterocycles. The normalized spacial score (nSPS) is 15.6. The fraction of sp³-hybridized carbons (Fsp3) is 0.600. The van der Waals surface area contributed by atoms with Crippen LogP contribution >= 0.6 is 0 Å². The van der Waals surface area contributed by atoms with E-state index in [0.717, 1.165) is 30.3 Å². The highest BCUT2D eigenvalue weighted by Crippen LogP contribution is 2.25. The first kappa shape index (κ1) is 19.3. The molecular weight excluding hydrogens is 340 g/mol. The Labute approximate surface area is 161 Å². The van der Waals surface area contributed by atoms with Gasteiger partial charge in [0, 0.05) is 36.7 Å². The van der Waals surface area contributed by atoms with Gasteiger partial charge in [-0.05, 0) is 18.2 Å². The van der Waals surface area contributed by atoms with Crippen molar-refractivity contribution < 1.29 is 4.79 Å². The molecule has 1 aliphatic rings. The fourth-order valence-corrected chi connectivity index (χ4v) is 2.94. The van der Waals surface area contributed by atoms with Crippen LogP contribution in [-0.4, -0.2) is 57.4 Å². The summed E-state index contributed by atoms with van der Waals surface area (Å²) >= 11 is 0. The number of carbonyl (C=O) groups excluding carboxylic acids is 1. The number of aromatic nitrogens is 4. The van der Waals surface area contributed by atoms with Crippen molar-refractivity contribution in [2.45, 2.75) is 58.4 Å². The molecule has 1 saturated heterocycles. The van der Waals surface area contributed by atoms with Gasteiger partial charge in [-0.15, -0.1) is 5.10 Å². The monoisotopic (exact) mass is 370 g/mol. The summed E-state index contributed by atoms with van der Waals surface area (Å²) < 4.78 is 0. The topological polar surface area (TPSA) is 78.0 Å². The maximum atomic E-state index is 12.7. The van der Waals surface area contributed by atoms with Crippen LogP contribution in [0.1, 0.15) is 63.4 Å². The second-order valence-electron chi connectivity index (χ2n) is 9.42. The molecule has 0 aromatic carbocycles. The number of amides is 1. The third-order valence-corrected chi connectivity index (χ3v) is 5.08. The van der Waals surface area contributed by atoms with Crippen LogP contribution in [0.2, 0.25) is 0 Å². The summed E-state index contributed by atoms with van der Waals surface area (Å²) in [5.74, 6) is 0.801. The van der Waals surface area contributed by atoms with Crippen LogP contribution in [0, 0.1) is 0 Å². The number of rotatable bonds is 3. The Bertz CT molecular complexity index is 806. The van der Waals surface area contributed by atoms with Gasteiger partial charge in [-0.3, -0.25) is 9.89 Å². The molecule has 3 rings (SSSR count). The fourth-order valence-electron chi connectivity index (χ4n) is 2.94. The Hall–Kier alpha value is -2.44. The SMILES string of the molecule is CN(C(=O)c1cc(C(C)(C)C)[nH]n1)C1CN(c2ccc(C(C)(C)C)nn2)C1. The lowest BCUT2D eigenvalue weighted by Crippen LogP contribution is -2.60. The van der Waals surface area contributed by atoms with E-state index in [0.29, 0.717) is 5.69 Å². The molecule has 7 nitrogen and oxygen atoms in total. The van der Waals surface area contributed by atoms with E-state index in [9.17, 15) is 4.79 Å². The van der Waals surface area contributed by atoms with E-state index in [-0.39, 0.29) is 22.8 Å². The minimum Gasteiger partial charge on any atom is -0.351 e. The number of H-pyrrole nitrogens is 1. The van der Waals surface area contributed by atoms with Gasteiger partial charge in [0.1, 0.15) is 5.69 Å². The Morgan fingerprint density at radius 2 is 1.78 bits per heavy atom. The third kappa shape index (κ3) is 3.96. The van der Waals surface area contributed by atoms with E-state index < -0.39 is 0 Å². The average molecular weight is 371 g/mol. The third-order valence-electron chi connectivity index (χ3n) is 5.08. The first-order valence-electron chi connectivity index (χ1n) is 9.39. The van der Waals surface area contributed by atoms with Crippen molar-refractivity contribution in [3.63, 3.8) is 0 Å². The molecule has 2 aromatic heterocycles. The predicted octanol–water partition coefficient (Wildman–Crippen LogP) is 2.76. The maximum Gasteiger partial charge on any atom is 0.274 e. The van der Waals surface area contributed by atoms with Gasteiger partial charge in [-0.25, -0.2) is 0 Å². The van der Waals surface area contributed by atoms with Crippen LogP contribution in [0.15, 0.2) is 18.2 Å². The molecule has 1 amide bonds. The van der Waals surface area contributed by atoms with E-state index in [1.807, 2.05) is 25.2 Å². The highest BCUT2D eigenvalue weighted by atomic mass is 16.2. The molecule has 2 aromatic rings. The Morgan fingerprint density at radius 1 is 1.11 bits per heavy atom. The minimum absolute atomic E-state index is 0.00881. The summed E-state index contributed by atoms with van der Waals surface area (Å²) in [6.45, 7) is 14.1. The van der Waals surface area contributed by atoms with Gasteiger partial charge in [0.05, 0.1) is 11.7 Å². The molecule has 3 heterocycles. The van der Waals surface area contributed by atoms with Crippen molar-refractivity contribution in [2.75, 3.05) is 25.0 Å². The number of anilines is 1. The van der Waals surface area contributed by atoms with E-state index in [1.54, 1.807) is 4.90 Å². The van der Waals surface area contributed by atoms with Crippen LogP contribution in [0.25, 0.3) is 0 Å². The van der Waals surface area contributed by atoms with E-state index in [1.165, 1.54) is 0 Å². The van der Waals surface area contributed by atoms with Crippen molar-refractivity contribution in [3.8, 4) is 0 Å². The molecule has 0 saturated carbocycles. The number of nitrogens with zero attached hydrogens (tertiary/aromatic N) is 5. The molecule has 0 unspecified atom stereocenters. The number of carbonyl (C=O) groups is 1. The number of aromatic amines is 1. The van der Waals surface area contributed by atoms with Crippen LogP contribution in [0.4, 0.5) is 5.82 Å². The van der Waals surface area contributed by atoms with E-state index >= 15 is 0 Å². The van der Waals surface area contributed by atoms with Gasteiger partial charge >= 0.3 is 0 Å². The standard InChI is InChI=1S/C20H30N6O/c1-19(2,3)15-8-9-17(24-22-15)26-11-13(12-26)25(7)18(27)14-10-16(23-21-14)20(4,5)6/h8-10,13H,11-12H2,1-7H3,(H,21,23). The van der Waals surface area contributed by atoms with Crippen LogP contribution in [0.5, 0.6) is 0 Å². The van der Waals surface area contributed by atoms with Crippen molar-refractivity contribution in [1.29, 1.82) is 0 Å². The zero-order valence-electron chi connectivity index (χ0n) is 17.4. The molecule has 0 aliphatic carbocycles. The largest absolute Gasteiger partial charge is 0.351 e. The molecule has 27 heavy (non-hydrogen) atoms. The van der Waals surface area contributed by atoms with Gasteiger partial charge in [-0.2, -0.15) is 10.2 Å². The summed E-state index contributed by atoms with van der Waals surface area (Å²) in [4.78, 5) is 16.6. The van der Waals surface area contributed by atoms with Crippen LogP contribution in [-0.2, 0) is 10.8 Å². The molecule has 1 N–H and O–H groups in total. The molecular formula is C20H30N6O. The predicted molar refractivity (Wildman–Crippen MR) is 106 cm³/mol. The molecule has 0 radical (unpaired) electrons. The molecule has 7 heteroatoms. The lowest BCUT2D eigenvalue weighted by molar-refractivity contribution is 0.0699. The minimum atomic E-state index is -0.0603. The van der Waals surface area contributed by atoms with E-state index in [4.69, 9.17) is 0 Å². The zero-order chi connectivity index (χ0) is 20.0. The van der Waals surface area contributed by atoms with Crippen molar-refractivity contribution in [2.24, 2.45) is 0 Å². The maximum absolute atomic E-state index is 12.7. The van der Waals surface area contributed by atoms with Gasteiger partial charge < -0.3 is 9.80 Å². The second-order valence-corrected chi connectivity index (χ2v) is 9.42. The van der Waals surface area contributed by atoms with Crippen LogP contribution in [0.3, 0.4) is 0 Å². The summed E-state index contributed by atoms with van der Waals surface area (Å²) in [5, 5.41) is 15.9. The second kappa shape index (κ2) is 6.62. The molecule has 146 valence electrons. The summed E-state index contributed by atoms with van der Waals surface area (Å²) in [5.41, 5.74) is 2.34. The Balaban J connectivity index is 1.60. The van der Waals surface area contributed by atoms with Gasteiger partial charge in [-0.1, -0.05) is 41.5 Å². The molecule has 0 bridgehead atoms. The number of hydrogen-bond donors (Lipinski definition) is 1. The van der Waals surface area contributed by atoms with Crippen molar-refractivity contribution in [1.82, 2.24) is 25.3 Å². The highest BCUT2D eigenvalue weighted by molar-refractivity contribution is 5.92. The molecule has 0 atom stereocenters. The molecule has 1 fully saturated rings. The Morgan fingerprint density at radius 3 is 2.26 bits per heavy atom. The first-order chi connectivity index (χ1) is 12.5. The number of hydrogen-bond acceptors (Lipinski definition) is 5. The summed E-state index contributed by atoms with van der Waals surface area (Å²) in [6, 6.07) is 6.04. The Kier molecular flexibility index (Phi) is 4.74. The van der Waals surface area contributed by atoms with Gasteiger partial charge in [0.25, 0.3) is 5.91 Å². The highest BCUT2D eigenvalue weighted by Gasteiger charge is 2.35. The lowest BCUT2D eigenvalue weighted by Gasteiger charge is -2.44. The smallest absolute Gasteiger partial charge is 0.274 e. The van der Waals surface area contributed by atoms with Crippen molar-refractivity contribution >= 4 is 11.7 Å². The van der Waals surface area contributed by atoms with Gasteiger partial charge in [0.2, 0.25) is 0 Å².